The molecule has 2 heterocycles. The molecule has 0 fully saturated rings. The van der Waals surface area contributed by atoms with E-state index in [9.17, 15) is 18.0 Å². The molecule has 0 bridgehead atoms. The van der Waals surface area contributed by atoms with Crippen molar-refractivity contribution in [3.05, 3.63) is 51.7 Å². The van der Waals surface area contributed by atoms with E-state index in [0.29, 0.717) is 5.52 Å². The zero-order chi connectivity index (χ0) is 19.9. The van der Waals surface area contributed by atoms with Gasteiger partial charge in [-0.15, -0.1) is 5.10 Å². The predicted octanol–water partition coefficient (Wildman–Crippen LogP) is 4.36. The number of aryl methyl sites for hydroxylation is 1. The molecule has 0 atom stereocenters. The van der Waals surface area contributed by atoms with Crippen LogP contribution in [0.2, 0.25) is 0 Å². The molecule has 0 aliphatic rings. The van der Waals surface area contributed by atoms with E-state index in [4.69, 9.17) is 0 Å². The molecule has 0 unspecified atom stereocenters. The van der Waals surface area contributed by atoms with Gasteiger partial charge in [0.2, 0.25) is 0 Å². The zero-order valence-electron chi connectivity index (χ0n) is 15.5. The van der Waals surface area contributed by atoms with E-state index in [0.717, 1.165) is 17.3 Å². The molecule has 0 saturated heterocycles. The highest BCUT2D eigenvalue weighted by Crippen LogP contribution is 2.27. The van der Waals surface area contributed by atoms with Crippen LogP contribution in [0.5, 0.6) is 5.75 Å². The molecule has 5 nitrogen and oxygen atoms in total. The summed E-state index contributed by atoms with van der Waals surface area (Å²) in [7, 11) is 0. The quantitative estimate of drug-likeness (QED) is 0.662. The largest absolute Gasteiger partial charge is 0.435 e. The Kier molecular flexibility index (Phi) is 4.99. The van der Waals surface area contributed by atoms with E-state index < -0.39 is 12.4 Å². The second-order valence-corrected chi connectivity index (χ2v) is 6.55. The van der Waals surface area contributed by atoms with Crippen molar-refractivity contribution in [2.24, 2.45) is 0 Å². The maximum absolute atomic E-state index is 14.6. The molecule has 0 N–H and O–H groups in total. The maximum atomic E-state index is 14.6. The van der Waals surface area contributed by atoms with Gasteiger partial charge in [0.15, 0.2) is 5.82 Å². The van der Waals surface area contributed by atoms with Crippen LogP contribution >= 0.6 is 0 Å². The number of hydrogen-bond acceptors (Lipinski definition) is 3. The van der Waals surface area contributed by atoms with E-state index in [1.807, 2.05) is 26.8 Å². The van der Waals surface area contributed by atoms with Crippen molar-refractivity contribution >= 4 is 5.52 Å². The first-order valence-corrected chi connectivity index (χ1v) is 8.62. The minimum absolute atomic E-state index is 0.0386. The van der Waals surface area contributed by atoms with Crippen LogP contribution < -0.4 is 10.3 Å². The Morgan fingerprint density at radius 1 is 1.22 bits per heavy atom. The van der Waals surface area contributed by atoms with Crippen LogP contribution in [0, 0.1) is 12.7 Å². The first-order chi connectivity index (χ1) is 12.7. The predicted molar refractivity (Wildman–Crippen MR) is 96.0 cm³/mol. The fourth-order valence-corrected chi connectivity index (χ4v) is 3.15. The van der Waals surface area contributed by atoms with Crippen molar-refractivity contribution < 1.29 is 17.9 Å². The van der Waals surface area contributed by atoms with E-state index >= 15 is 0 Å². The summed E-state index contributed by atoms with van der Waals surface area (Å²) < 4.78 is 46.4. The lowest BCUT2D eigenvalue weighted by molar-refractivity contribution is -0.0499. The van der Waals surface area contributed by atoms with E-state index in [-0.39, 0.29) is 35.2 Å². The number of halogens is 3. The van der Waals surface area contributed by atoms with Gasteiger partial charge in [-0.25, -0.2) is 8.91 Å². The molecule has 0 radical (unpaired) electrons. The molecule has 1 aromatic carbocycles. The Bertz CT molecular complexity index is 1050. The number of rotatable bonds is 5. The lowest BCUT2D eigenvalue weighted by atomic mass is 10.1. The summed E-state index contributed by atoms with van der Waals surface area (Å²) >= 11 is 0. The molecule has 3 aromatic rings. The highest BCUT2D eigenvalue weighted by molar-refractivity contribution is 5.62. The molecule has 0 spiro atoms. The number of ether oxygens (including phenoxy) is 1. The first-order valence-electron chi connectivity index (χ1n) is 8.62. The maximum Gasteiger partial charge on any atom is 0.387 e. The molecule has 8 heteroatoms. The Balaban J connectivity index is 2.26. The zero-order valence-corrected chi connectivity index (χ0v) is 15.5. The fraction of sp³-hybridized carbons (Fsp3) is 0.368. The summed E-state index contributed by atoms with van der Waals surface area (Å²) in [6.07, 6.45) is 0. The van der Waals surface area contributed by atoms with Gasteiger partial charge in [-0.2, -0.15) is 8.78 Å². The summed E-state index contributed by atoms with van der Waals surface area (Å²) in [4.78, 5) is 13.1. The average Bonchev–Trinajstić information content (AvgIpc) is 2.92. The summed E-state index contributed by atoms with van der Waals surface area (Å²) in [6, 6.07) is 5.27. The van der Waals surface area contributed by atoms with Crippen molar-refractivity contribution in [1.82, 2.24) is 14.2 Å². The van der Waals surface area contributed by atoms with Crippen LogP contribution in [0.25, 0.3) is 16.9 Å². The number of alkyl halides is 2. The molecule has 2 aromatic heterocycles. The van der Waals surface area contributed by atoms with Crippen LogP contribution in [0.1, 0.15) is 37.9 Å². The van der Waals surface area contributed by atoms with Gasteiger partial charge in [-0.1, -0.05) is 13.8 Å². The number of benzene rings is 1. The third kappa shape index (κ3) is 3.31. The van der Waals surface area contributed by atoms with Crippen LogP contribution in [0.15, 0.2) is 29.1 Å². The third-order valence-electron chi connectivity index (χ3n) is 4.43. The lowest BCUT2D eigenvalue weighted by Crippen LogP contribution is -2.26. The number of nitrogens with zero attached hydrogens (tertiary/aromatic N) is 3. The van der Waals surface area contributed by atoms with E-state index in [2.05, 4.69) is 9.84 Å². The molecule has 27 heavy (non-hydrogen) atoms. The number of aromatic nitrogens is 3. The molecular formula is C19H20F3N3O2. The normalized spacial score (nSPS) is 11.7. The smallest absolute Gasteiger partial charge is 0.387 e. The summed E-state index contributed by atoms with van der Waals surface area (Å²) in [5, 5.41) is 4.48. The van der Waals surface area contributed by atoms with Crippen LogP contribution in [-0.4, -0.2) is 20.8 Å². The van der Waals surface area contributed by atoms with Gasteiger partial charge in [-0.05, 0) is 43.5 Å². The van der Waals surface area contributed by atoms with Gasteiger partial charge >= 0.3 is 6.61 Å². The summed E-state index contributed by atoms with van der Waals surface area (Å²) in [5.74, 6) is -0.834. The van der Waals surface area contributed by atoms with Gasteiger partial charge in [0.25, 0.3) is 5.56 Å². The van der Waals surface area contributed by atoms with Crippen molar-refractivity contribution in [3.63, 3.8) is 0 Å². The molecule has 0 aliphatic carbocycles. The Morgan fingerprint density at radius 2 is 1.93 bits per heavy atom. The monoisotopic (exact) mass is 379 g/mol. The van der Waals surface area contributed by atoms with Crippen molar-refractivity contribution in [2.45, 2.75) is 46.8 Å². The van der Waals surface area contributed by atoms with E-state index in [1.54, 1.807) is 6.92 Å². The Morgan fingerprint density at radius 3 is 2.48 bits per heavy atom. The second-order valence-electron chi connectivity index (χ2n) is 6.55. The van der Waals surface area contributed by atoms with Gasteiger partial charge in [0.1, 0.15) is 17.1 Å². The van der Waals surface area contributed by atoms with Gasteiger partial charge in [-0.3, -0.25) is 9.36 Å². The summed E-state index contributed by atoms with van der Waals surface area (Å²) in [6.45, 7) is 4.80. The fourth-order valence-electron chi connectivity index (χ4n) is 3.15. The molecule has 0 saturated carbocycles. The summed E-state index contributed by atoms with van der Waals surface area (Å²) in [5.41, 5.74) is 1.86. The highest BCUT2D eigenvalue weighted by Gasteiger charge is 2.21. The molecule has 144 valence electrons. The van der Waals surface area contributed by atoms with Crippen LogP contribution in [0.4, 0.5) is 13.2 Å². The van der Waals surface area contributed by atoms with Gasteiger partial charge in [0, 0.05) is 18.3 Å². The molecular weight excluding hydrogens is 359 g/mol. The van der Waals surface area contributed by atoms with Crippen molar-refractivity contribution in [1.29, 1.82) is 0 Å². The van der Waals surface area contributed by atoms with Crippen molar-refractivity contribution in [2.75, 3.05) is 0 Å². The van der Waals surface area contributed by atoms with E-state index in [1.165, 1.54) is 21.2 Å². The standard InChI is InChI=1S/C19H20F3N3O2/c1-5-24-17(13-7-6-12(9-15(13)20)27-19(21)22)23-25-11(4)8-14(10(2)3)16(25)18(24)26/h6-10,19H,5H2,1-4H3. The lowest BCUT2D eigenvalue weighted by Gasteiger charge is -2.14. The number of fused-ring (bicyclic) bond motifs is 1. The van der Waals surface area contributed by atoms with Crippen molar-refractivity contribution in [3.8, 4) is 17.1 Å². The number of hydrogen-bond donors (Lipinski definition) is 0. The highest BCUT2D eigenvalue weighted by atomic mass is 19.3. The molecule has 3 rings (SSSR count). The molecule has 0 aliphatic heterocycles. The average molecular weight is 379 g/mol. The second kappa shape index (κ2) is 7.09. The van der Waals surface area contributed by atoms with Crippen LogP contribution in [-0.2, 0) is 6.54 Å². The Hall–Kier alpha value is -2.77. The first kappa shape index (κ1) is 19.0. The van der Waals surface area contributed by atoms with Gasteiger partial charge < -0.3 is 4.74 Å². The third-order valence-corrected chi connectivity index (χ3v) is 4.43. The van der Waals surface area contributed by atoms with Crippen LogP contribution in [0.3, 0.4) is 0 Å². The van der Waals surface area contributed by atoms with Gasteiger partial charge in [0.05, 0.1) is 5.56 Å². The molecule has 0 amide bonds. The minimum atomic E-state index is -3.05. The SMILES string of the molecule is CCn1c(-c2ccc(OC(F)F)cc2F)nn2c(C)cc(C(C)C)c2c1=O. The Labute approximate surface area is 154 Å². The topological polar surface area (TPSA) is 48.5 Å². The minimum Gasteiger partial charge on any atom is -0.435 e.